The van der Waals surface area contributed by atoms with Crippen molar-refractivity contribution < 1.29 is 9.47 Å². The van der Waals surface area contributed by atoms with E-state index in [2.05, 4.69) is 0 Å². The average Bonchev–Trinajstić information content (AvgIpc) is 2.05. The van der Waals surface area contributed by atoms with Gasteiger partial charge in [0.1, 0.15) is 6.07 Å². The highest BCUT2D eigenvalue weighted by atomic mass is 16.7. The lowest BCUT2D eigenvalue weighted by Crippen LogP contribution is -2.26. The zero-order valence-electron chi connectivity index (χ0n) is 6.70. The summed E-state index contributed by atoms with van der Waals surface area (Å²) < 4.78 is 10.2. The van der Waals surface area contributed by atoms with Crippen molar-refractivity contribution in [3.05, 3.63) is 11.8 Å². The maximum absolute atomic E-state index is 8.49. The molecule has 2 unspecified atom stereocenters. The smallest absolute Gasteiger partial charge is 0.203 e. The van der Waals surface area contributed by atoms with Crippen LogP contribution in [0.1, 0.15) is 13.3 Å². The number of hydrogen-bond donors (Lipinski definition) is 0. The van der Waals surface area contributed by atoms with E-state index in [0.717, 1.165) is 6.42 Å². The van der Waals surface area contributed by atoms with Crippen LogP contribution < -0.4 is 0 Å². The van der Waals surface area contributed by atoms with Crippen LogP contribution in [-0.4, -0.2) is 13.4 Å². The number of rotatable bonds is 1. The lowest BCUT2D eigenvalue weighted by molar-refractivity contribution is -0.128. The molecule has 11 heavy (non-hydrogen) atoms. The predicted octanol–water partition coefficient (Wildman–Crippen LogP) is 1.42. The summed E-state index contributed by atoms with van der Waals surface area (Å²) in [5.74, 6) is 0.701. The molecule has 0 fully saturated rings. The van der Waals surface area contributed by atoms with Gasteiger partial charge in [0.15, 0.2) is 5.76 Å². The topological polar surface area (TPSA) is 42.2 Å². The second-order valence-electron chi connectivity index (χ2n) is 2.62. The molecule has 2 atom stereocenters. The van der Waals surface area contributed by atoms with Gasteiger partial charge < -0.3 is 9.47 Å². The van der Waals surface area contributed by atoms with E-state index in [9.17, 15) is 0 Å². The van der Waals surface area contributed by atoms with Crippen LogP contribution in [0.25, 0.3) is 0 Å². The predicted molar refractivity (Wildman–Crippen MR) is 39.4 cm³/mol. The van der Waals surface area contributed by atoms with Crippen LogP contribution in [0.15, 0.2) is 11.8 Å². The van der Waals surface area contributed by atoms with E-state index in [1.165, 1.54) is 0 Å². The summed E-state index contributed by atoms with van der Waals surface area (Å²) in [5.41, 5.74) is 0. The van der Waals surface area contributed by atoms with Gasteiger partial charge in [-0.25, -0.2) is 0 Å². The quantitative estimate of drug-likeness (QED) is 0.572. The molecule has 0 aliphatic carbocycles. The Morgan fingerprint density at radius 1 is 1.82 bits per heavy atom. The number of nitriles is 1. The first-order valence-corrected chi connectivity index (χ1v) is 3.57. The zero-order chi connectivity index (χ0) is 8.27. The Balaban J connectivity index is 2.62. The SMILES string of the molecule is COC1OC(C#N)=CCC1C. The summed E-state index contributed by atoms with van der Waals surface area (Å²) in [7, 11) is 1.58. The van der Waals surface area contributed by atoms with Gasteiger partial charge >= 0.3 is 0 Å². The highest BCUT2D eigenvalue weighted by molar-refractivity contribution is 5.15. The van der Waals surface area contributed by atoms with Crippen molar-refractivity contribution in [1.29, 1.82) is 5.26 Å². The molecule has 1 aliphatic heterocycles. The summed E-state index contributed by atoms with van der Waals surface area (Å²) in [5, 5.41) is 8.49. The van der Waals surface area contributed by atoms with Crippen molar-refractivity contribution in [2.24, 2.45) is 5.92 Å². The molecule has 0 saturated heterocycles. The molecule has 0 N–H and O–H groups in total. The fourth-order valence-electron chi connectivity index (χ4n) is 1.05. The van der Waals surface area contributed by atoms with E-state index < -0.39 is 0 Å². The molecule has 0 aromatic rings. The van der Waals surface area contributed by atoms with Gasteiger partial charge in [-0.05, 0) is 12.5 Å². The lowest BCUT2D eigenvalue weighted by Gasteiger charge is -2.25. The van der Waals surface area contributed by atoms with Crippen molar-refractivity contribution in [1.82, 2.24) is 0 Å². The molecule has 0 bridgehead atoms. The molecule has 1 heterocycles. The van der Waals surface area contributed by atoms with Crippen molar-refractivity contribution >= 4 is 0 Å². The van der Waals surface area contributed by atoms with Crippen molar-refractivity contribution in [3.63, 3.8) is 0 Å². The molecule has 0 spiro atoms. The fourth-order valence-corrected chi connectivity index (χ4v) is 1.05. The first-order valence-electron chi connectivity index (χ1n) is 3.57. The third kappa shape index (κ3) is 1.72. The first-order chi connectivity index (χ1) is 5.27. The fraction of sp³-hybridized carbons (Fsp3) is 0.625. The minimum absolute atomic E-state index is 0.255. The summed E-state index contributed by atoms with van der Waals surface area (Å²) in [6.07, 6.45) is 2.39. The van der Waals surface area contributed by atoms with Crippen LogP contribution >= 0.6 is 0 Å². The maximum atomic E-state index is 8.49. The Morgan fingerprint density at radius 2 is 2.55 bits per heavy atom. The molecular weight excluding hydrogens is 142 g/mol. The molecule has 0 saturated carbocycles. The van der Waals surface area contributed by atoms with Crippen molar-refractivity contribution in [2.45, 2.75) is 19.6 Å². The number of allylic oxidation sites excluding steroid dienone is 2. The third-order valence-electron chi connectivity index (χ3n) is 1.73. The Bertz CT molecular complexity index is 205. The normalized spacial score (nSPS) is 30.1. The largest absolute Gasteiger partial charge is 0.455 e. The van der Waals surface area contributed by atoms with Gasteiger partial charge in [-0.2, -0.15) is 5.26 Å². The third-order valence-corrected chi connectivity index (χ3v) is 1.73. The van der Waals surface area contributed by atoms with Gasteiger partial charge in [0.2, 0.25) is 6.29 Å². The van der Waals surface area contributed by atoms with Gasteiger partial charge in [-0.1, -0.05) is 6.92 Å². The van der Waals surface area contributed by atoms with Crippen LogP contribution in [0.5, 0.6) is 0 Å². The summed E-state index contributed by atoms with van der Waals surface area (Å²) >= 11 is 0. The van der Waals surface area contributed by atoms with Crippen LogP contribution in [0.3, 0.4) is 0 Å². The number of hydrogen-bond acceptors (Lipinski definition) is 3. The molecule has 60 valence electrons. The molecule has 0 amide bonds. The van der Waals surface area contributed by atoms with Crippen LogP contribution in [0.2, 0.25) is 0 Å². The Kier molecular flexibility index (Phi) is 2.50. The second kappa shape index (κ2) is 3.40. The average molecular weight is 153 g/mol. The maximum Gasteiger partial charge on any atom is 0.203 e. The van der Waals surface area contributed by atoms with E-state index in [4.69, 9.17) is 14.7 Å². The van der Waals surface area contributed by atoms with E-state index in [-0.39, 0.29) is 6.29 Å². The molecular formula is C8H11NO2. The highest BCUT2D eigenvalue weighted by Gasteiger charge is 2.22. The Hall–Kier alpha value is -1.01. The number of nitrogens with zero attached hydrogens (tertiary/aromatic N) is 1. The summed E-state index contributed by atoms with van der Waals surface area (Å²) in [6, 6.07) is 1.95. The first kappa shape index (κ1) is 8.09. The molecule has 3 heteroatoms. The number of ether oxygens (including phenoxy) is 2. The lowest BCUT2D eigenvalue weighted by atomic mass is 10.1. The minimum Gasteiger partial charge on any atom is -0.455 e. The van der Waals surface area contributed by atoms with E-state index in [1.54, 1.807) is 13.2 Å². The molecule has 1 aliphatic rings. The van der Waals surface area contributed by atoms with Gasteiger partial charge in [-0.3, -0.25) is 0 Å². The van der Waals surface area contributed by atoms with Gasteiger partial charge in [0, 0.05) is 13.0 Å². The molecule has 1 rings (SSSR count). The van der Waals surface area contributed by atoms with Gasteiger partial charge in [0.25, 0.3) is 0 Å². The molecule has 3 nitrogen and oxygen atoms in total. The Morgan fingerprint density at radius 3 is 3.09 bits per heavy atom. The molecule has 0 aromatic carbocycles. The summed E-state index contributed by atoms with van der Waals surface area (Å²) in [4.78, 5) is 0. The van der Waals surface area contributed by atoms with E-state index in [0.29, 0.717) is 11.7 Å². The summed E-state index contributed by atoms with van der Waals surface area (Å²) in [6.45, 7) is 2.03. The number of methoxy groups -OCH3 is 1. The van der Waals surface area contributed by atoms with Gasteiger partial charge in [0.05, 0.1) is 0 Å². The minimum atomic E-state index is -0.255. The second-order valence-corrected chi connectivity index (χ2v) is 2.62. The zero-order valence-corrected chi connectivity index (χ0v) is 6.70. The van der Waals surface area contributed by atoms with Crippen LogP contribution in [0.4, 0.5) is 0 Å². The molecule has 0 aromatic heterocycles. The Labute approximate surface area is 66.2 Å². The highest BCUT2D eigenvalue weighted by Crippen LogP contribution is 2.22. The van der Waals surface area contributed by atoms with Gasteiger partial charge in [-0.15, -0.1) is 0 Å². The van der Waals surface area contributed by atoms with Crippen molar-refractivity contribution in [3.8, 4) is 6.07 Å². The molecule has 0 radical (unpaired) electrons. The van der Waals surface area contributed by atoms with E-state index in [1.807, 2.05) is 13.0 Å². The van der Waals surface area contributed by atoms with Crippen LogP contribution in [-0.2, 0) is 9.47 Å². The van der Waals surface area contributed by atoms with E-state index >= 15 is 0 Å². The van der Waals surface area contributed by atoms with Crippen molar-refractivity contribution in [2.75, 3.05) is 7.11 Å². The standard InChI is InChI=1S/C8H11NO2/c1-6-3-4-7(5-9)11-8(6)10-2/h4,6,8H,3H2,1-2H3. The van der Waals surface area contributed by atoms with Crippen LogP contribution in [0, 0.1) is 17.2 Å². The monoisotopic (exact) mass is 153 g/mol.